The molecule has 0 aliphatic carbocycles. The summed E-state index contributed by atoms with van der Waals surface area (Å²) in [6, 6.07) is 14.3. The van der Waals surface area contributed by atoms with E-state index in [-0.39, 0.29) is 11.9 Å². The zero-order chi connectivity index (χ0) is 15.5. The van der Waals surface area contributed by atoms with Gasteiger partial charge in [-0.25, -0.2) is 4.79 Å². The molecule has 1 saturated heterocycles. The summed E-state index contributed by atoms with van der Waals surface area (Å²) in [5, 5.41) is 5.60. The van der Waals surface area contributed by atoms with E-state index in [4.69, 9.17) is 0 Å². The predicted molar refractivity (Wildman–Crippen MR) is 89.3 cm³/mol. The summed E-state index contributed by atoms with van der Waals surface area (Å²) in [5.41, 5.74) is 2.00. The van der Waals surface area contributed by atoms with E-state index >= 15 is 0 Å². The number of amides is 3. The first-order valence-corrected chi connectivity index (χ1v) is 7.65. The van der Waals surface area contributed by atoms with Crippen LogP contribution < -0.4 is 15.5 Å². The van der Waals surface area contributed by atoms with Gasteiger partial charge in [-0.2, -0.15) is 0 Å². The molecule has 0 bridgehead atoms. The van der Waals surface area contributed by atoms with Gasteiger partial charge in [-0.3, -0.25) is 9.69 Å². The third kappa shape index (κ3) is 3.12. The fourth-order valence-corrected chi connectivity index (χ4v) is 2.54. The Balaban J connectivity index is 1.76. The lowest BCUT2D eigenvalue weighted by molar-refractivity contribution is 0.102. The van der Waals surface area contributed by atoms with E-state index in [2.05, 4.69) is 26.6 Å². The van der Waals surface area contributed by atoms with Crippen LogP contribution in [-0.2, 0) is 0 Å². The molecule has 2 aromatic carbocycles. The minimum absolute atomic E-state index is 0.114. The number of nitrogens with zero attached hydrogens (tertiary/aromatic N) is 1. The summed E-state index contributed by atoms with van der Waals surface area (Å²) >= 11 is 3.34. The third-order valence-electron chi connectivity index (χ3n) is 3.38. The molecule has 2 N–H and O–H groups in total. The molecular weight excluding hydrogens is 346 g/mol. The van der Waals surface area contributed by atoms with Gasteiger partial charge in [0, 0.05) is 34.5 Å². The zero-order valence-electron chi connectivity index (χ0n) is 11.7. The van der Waals surface area contributed by atoms with Crippen LogP contribution in [0, 0.1) is 0 Å². The topological polar surface area (TPSA) is 61.4 Å². The van der Waals surface area contributed by atoms with E-state index in [1.54, 1.807) is 29.2 Å². The number of urea groups is 1. The third-order valence-corrected chi connectivity index (χ3v) is 3.91. The molecular formula is C16H14BrN3O2. The van der Waals surface area contributed by atoms with Gasteiger partial charge in [0.1, 0.15) is 0 Å². The first-order chi connectivity index (χ1) is 10.6. The quantitative estimate of drug-likeness (QED) is 0.883. The molecule has 3 amide bonds. The van der Waals surface area contributed by atoms with Crippen LogP contribution in [0.4, 0.5) is 16.2 Å². The molecule has 0 unspecified atom stereocenters. The van der Waals surface area contributed by atoms with E-state index in [0.717, 1.165) is 10.2 Å². The average molecular weight is 360 g/mol. The van der Waals surface area contributed by atoms with E-state index in [9.17, 15) is 9.59 Å². The standard InChI is InChI=1S/C16H14BrN3O2/c17-12-6-4-11(5-7-12)15(21)19-13-2-1-3-14(10-13)20-9-8-18-16(20)22/h1-7,10H,8-9H2,(H,18,22)(H,19,21). The minimum atomic E-state index is -0.185. The molecule has 112 valence electrons. The number of halogens is 1. The van der Waals surface area contributed by atoms with Crippen molar-refractivity contribution in [3.05, 3.63) is 58.6 Å². The molecule has 2 aromatic rings. The Morgan fingerprint density at radius 3 is 2.64 bits per heavy atom. The van der Waals surface area contributed by atoms with E-state index < -0.39 is 0 Å². The monoisotopic (exact) mass is 359 g/mol. The van der Waals surface area contributed by atoms with E-state index in [1.807, 2.05) is 24.3 Å². The Morgan fingerprint density at radius 1 is 1.18 bits per heavy atom. The lowest BCUT2D eigenvalue weighted by Crippen LogP contribution is -2.27. The highest BCUT2D eigenvalue weighted by Crippen LogP contribution is 2.21. The van der Waals surface area contributed by atoms with Gasteiger partial charge >= 0.3 is 6.03 Å². The number of carbonyl (C=O) groups is 2. The lowest BCUT2D eigenvalue weighted by Gasteiger charge is -2.15. The molecule has 1 heterocycles. The van der Waals surface area contributed by atoms with Gasteiger partial charge in [-0.05, 0) is 42.5 Å². The first-order valence-electron chi connectivity index (χ1n) is 6.86. The normalized spacial score (nSPS) is 13.9. The molecule has 0 saturated carbocycles. The van der Waals surface area contributed by atoms with Crippen LogP contribution in [0.15, 0.2) is 53.0 Å². The summed E-state index contributed by atoms with van der Waals surface area (Å²) in [5.74, 6) is -0.185. The molecule has 22 heavy (non-hydrogen) atoms. The molecule has 0 radical (unpaired) electrons. The number of anilines is 2. The predicted octanol–water partition coefficient (Wildman–Crippen LogP) is 3.23. The van der Waals surface area contributed by atoms with E-state index in [0.29, 0.717) is 24.3 Å². The van der Waals surface area contributed by atoms with Crippen LogP contribution in [0.5, 0.6) is 0 Å². The second kappa shape index (κ2) is 6.19. The van der Waals surface area contributed by atoms with Gasteiger partial charge < -0.3 is 10.6 Å². The minimum Gasteiger partial charge on any atom is -0.336 e. The number of nitrogens with one attached hydrogen (secondary N) is 2. The van der Waals surface area contributed by atoms with Gasteiger partial charge in [0.05, 0.1) is 0 Å². The maximum atomic E-state index is 12.2. The molecule has 1 fully saturated rings. The van der Waals surface area contributed by atoms with Crippen molar-refractivity contribution in [2.75, 3.05) is 23.3 Å². The molecule has 1 aliphatic rings. The second-order valence-corrected chi connectivity index (χ2v) is 5.81. The number of carbonyl (C=O) groups excluding carboxylic acids is 2. The molecule has 3 rings (SSSR count). The number of benzene rings is 2. The lowest BCUT2D eigenvalue weighted by atomic mass is 10.2. The first kappa shape index (κ1) is 14.6. The average Bonchev–Trinajstić information content (AvgIpc) is 2.94. The van der Waals surface area contributed by atoms with Crippen molar-refractivity contribution in [3.8, 4) is 0 Å². The summed E-state index contributed by atoms with van der Waals surface area (Å²) in [6.07, 6.45) is 0. The van der Waals surface area contributed by atoms with Crippen molar-refractivity contribution >= 4 is 39.2 Å². The van der Waals surface area contributed by atoms with Crippen molar-refractivity contribution in [1.29, 1.82) is 0 Å². The summed E-state index contributed by atoms with van der Waals surface area (Å²) in [4.78, 5) is 25.5. The molecule has 0 spiro atoms. The SMILES string of the molecule is O=C(Nc1cccc(N2CCNC2=O)c1)c1ccc(Br)cc1. The van der Waals surface area contributed by atoms with Crippen LogP contribution in [0.3, 0.4) is 0 Å². The fourth-order valence-electron chi connectivity index (χ4n) is 2.27. The smallest absolute Gasteiger partial charge is 0.321 e. The number of hydrogen-bond acceptors (Lipinski definition) is 2. The highest BCUT2D eigenvalue weighted by molar-refractivity contribution is 9.10. The molecule has 6 heteroatoms. The maximum absolute atomic E-state index is 12.2. The largest absolute Gasteiger partial charge is 0.336 e. The number of hydrogen-bond donors (Lipinski definition) is 2. The van der Waals surface area contributed by atoms with Crippen molar-refractivity contribution in [2.45, 2.75) is 0 Å². The van der Waals surface area contributed by atoms with Crippen LogP contribution in [0.1, 0.15) is 10.4 Å². The van der Waals surface area contributed by atoms with Gasteiger partial charge in [0.15, 0.2) is 0 Å². The second-order valence-electron chi connectivity index (χ2n) is 4.89. The Hall–Kier alpha value is -2.34. The van der Waals surface area contributed by atoms with Crippen molar-refractivity contribution in [3.63, 3.8) is 0 Å². The van der Waals surface area contributed by atoms with Gasteiger partial charge in [-0.15, -0.1) is 0 Å². The van der Waals surface area contributed by atoms with Crippen LogP contribution >= 0.6 is 15.9 Å². The fraction of sp³-hybridized carbons (Fsp3) is 0.125. The molecule has 0 atom stereocenters. The summed E-state index contributed by atoms with van der Waals surface area (Å²) in [7, 11) is 0. The molecule has 5 nitrogen and oxygen atoms in total. The maximum Gasteiger partial charge on any atom is 0.321 e. The highest BCUT2D eigenvalue weighted by Gasteiger charge is 2.21. The number of rotatable bonds is 3. The van der Waals surface area contributed by atoms with Crippen molar-refractivity contribution in [1.82, 2.24) is 5.32 Å². The Kier molecular flexibility index (Phi) is 4.11. The van der Waals surface area contributed by atoms with Crippen molar-refractivity contribution < 1.29 is 9.59 Å². The van der Waals surface area contributed by atoms with Crippen LogP contribution in [-0.4, -0.2) is 25.0 Å². The highest BCUT2D eigenvalue weighted by atomic mass is 79.9. The van der Waals surface area contributed by atoms with Gasteiger partial charge in [-0.1, -0.05) is 22.0 Å². The molecule has 1 aliphatic heterocycles. The zero-order valence-corrected chi connectivity index (χ0v) is 13.3. The van der Waals surface area contributed by atoms with Gasteiger partial charge in [0.25, 0.3) is 5.91 Å². The molecule has 0 aromatic heterocycles. The summed E-state index contributed by atoms with van der Waals surface area (Å²) < 4.78 is 0.922. The Morgan fingerprint density at radius 2 is 1.95 bits per heavy atom. The Bertz CT molecular complexity index is 716. The van der Waals surface area contributed by atoms with Crippen LogP contribution in [0.2, 0.25) is 0 Å². The Labute approximate surface area is 136 Å². The summed E-state index contributed by atoms with van der Waals surface area (Å²) in [6.45, 7) is 1.26. The van der Waals surface area contributed by atoms with Crippen molar-refractivity contribution in [2.24, 2.45) is 0 Å². The van der Waals surface area contributed by atoms with E-state index in [1.165, 1.54) is 0 Å². The van der Waals surface area contributed by atoms with Gasteiger partial charge in [0.2, 0.25) is 0 Å². The van der Waals surface area contributed by atoms with Crippen LogP contribution in [0.25, 0.3) is 0 Å².